The van der Waals surface area contributed by atoms with E-state index in [1.54, 1.807) is 0 Å². The van der Waals surface area contributed by atoms with Crippen molar-refractivity contribution in [1.82, 2.24) is 10.2 Å². The molecule has 0 atom stereocenters. The van der Waals surface area contributed by atoms with E-state index in [0.29, 0.717) is 5.41 Å². The van der Waals surface area contributed by atoms with E-state index in [1.165, 1.54) is 71.0 Å². The molecule has 2 fully saturated rings. The van der Waals surface area contributed by atoms with Gasteiger partial charge in [0.1, 0.15) is 0 Å². The number of nitrogens with zero attached hydrogens (tertiary/aromatic N) is 1. The lowest BCUT2D eigenvalue weighted by Gasteiger charge is -2.41. The Bertz CT molecular complexity index is 211. The molecule has 17 heavy (non-hydrogen) atoms. The zero-order chi connectivity index (χ0) is 12.1. The topological polar surface area (TPSA) is 15.3 Å². The Morgan fingerprint density at radius 3 is 2.41 bits per heavy atom. The van der Waals surface area contributed by atoms with Crippen LogP contribution in [0.4, 0.5) is 0 Å². The van der Waals surface area contributed by atoms with Crippen LogP contribution in [0, 0.1) is 5.41 Å². The summed E-state index contributed by atoms with van der Waals surface area (Å²) < 4.78 is 0. The van der Waals surface area contributed by atoms with Crippen LogP contribution in [0.5, 0.6) is 0 Å². The highest BCUT2D eigenvalue weighted by molar-refractivity contribution is 4.92. The summed E-state index contributed by atoms with van der Waals surface area (Å²) in [5.41, 5.74) is 0.588. The van der Waals surface area contributed by atoms with Gasteiger partial charge in [0.05, 0.1) is 0 Å². The summed E-state index contributed by atoms with van der Waals surface area (Å²) in [4.78, 5) is 2.79. The molecule has 2 nitrogen and oxygen atoms in total. The third-order valence-electron chi connectivity index (χ3n) is 4.58. The van der Waals surface area contributed by atoms with Gasteiger partial charge in [0.25, 0.3) is 0 Å². The Morgan fingerprint density at radius 1 is 1.18 bits per heavy atom. The molecule has 0 radical (unpaired) electrons. The van der Waals surface area contributed by atoms with Crippen molar-refractivity contribution in [2.45, 2.75) is 64.3 Å². The summed E-state index contributed by atoms with van der Waals surface area (Å²) in [6, 6.07) is 0.936. The van der Waals surface area contributed by atoms with E-state index in [0.717, 1.165) is 6.04 Å². The van der Waals surface area contributed by atoms with Crippen LogP contribution in [0.15, 0.2) is 0 Å². The van der Waals surface area contributed by atoms with E-state index in [-0.39, 0.29) is 0 Å². The van der Waals surface area contributed by atoms with Gasteiger partial charge in [-0.2, -0.15) is 0 Å². The third kappa shape index (κ3) is 3.69. The minimum Gasteiger partial charge on any atom is -0.319 e. The second kappa shape index (κ2) is 6.19. The lowest BCUT2D eigenvalue weighted by atomic mass is 9.73. The minimum absolute atomic E-state index is 0.588. The van der Waals surface area contributed by atoms with Gasteiger partial charge in [-0.1, -0.05) is 26.2 Å². The summed E-state index contributed by atoms with van der Waals surface area (Å²) in [7, 11) is 2.12. The summed E-state index contributed by atoms with van der Waals surface area (Å²) in [6.45, 7) is 6.21. The average molecular weight is 238 g/mol. The Morgan fingerprint density at radius 2 is 1.88 bits per heavy atom. The first-order chi connectivity index (χ1) is 8.29. The first-order valence-electron chi connectivity index (χ1n) is 7.68. The Balaban J connectivity index is 1.94. The second-order valence-electron chi connectivity index (χ2n) is 6.29. The highest BCUT2D eigenvalue weighted by Crippen LogP contribution is 2.39. The van der Waals surface area contributed by atoms with E-state index in [1.807, 2.05) is 0 Å². The zero-order valence-electron chi connectivity index (χ0n) is 11.8. The van der Waals surface area contributed by atoms with Crippen molar-refractivity contribution in [3.05, 3.63) is 0 Å². The second-order valence-corrected chi connectivity index (χ2v) is 6.29. The van der Waals surface area contributed by atoms with E-state index in [2.05, 4.69) is 24.2 Å². The predicted molar refractivity (Wildman–Crippen MR) is 74.3 cm³/mol. The maximum atomic E-state index is 3.46. The molecule has 0 unspecified atom stereocenters. The lowest BCUT2D eigenvalue weighted by Crippen LogP contribution is -2.45. The maximum absolute atomic E-state index is 3.46. The predicted octanol–water partition coefficient (Wildman–Crippen LogP) is 3.03. The first kappa shape index (κ1) is 13.4. The van der Waals surface area contributed by atoms with Gasteiger partial charge in [-0.25, -0.2) is 0 Å². The standard InChI is InChI=1S/C15H30N2/c1-3-11-17(14-7-8-14)13-15(12-16-2)9-5-4-6-10-15/h14,16H,3-13H2,1-2H3. The van der Waals surface area contributed by atoms with Gasteiger partial charge in [-0.15, -0.1) is 0 Å². The fourth-order valence-electron chi connectivity index (χ4n) is 3.62. The molecular weight excluding hydrogens is 208 g/mol. The molecule has 0 aromatic carbocycles. The van der Waals surface area contributed by atoms with Gasteiger partial charge in [-0.3, -0.25) is 4.90 Å². The van der Waals surface area contributed by atoms with Crippen molar-refractivity contribution in [2.75, 3.05) is 26.7 Å². The molecule has 0 spiro atoms. The van der Waals surface area contributed by atoms with Gasteiger partial charge in [0.15, 0.2) is 0 Å². The number of hydrogen-bond acceptors (Lipinski definition) is 2. The molecule has 0 saturated heterocycles. The summed E-state index contributed by atoms with van der Waals surface area (Å²) in [5.74, 6) is 0. The van der Waals surface area contributed by atoms with Crippen LogP contribution in [0.1, 0.15) is 58.3 Å². The van der Waals surface area contributed by atoms with Gasteiger partial charge < -0.3 is 5.32 Å². The average Bonchev–Trinajstić information content (AvgIpc) is 3.14. The molecule has 0 bridgehead atoms. The van der Waals surface area contributed by atoms with Crippen molar-refractivity contribution in [1.29, 1.82) is 0 Å². The van der Waals surface area contributed by atoms with Crippen LogP contribution in [0.3, 0.4) is 0 Å². The SMILES string of the molecule is CCCN(CC1(CNC)CCCCC1)C1CC1. The molecule has 2 saturated carbocycles. The number of rotatable bonds is 7. The molecule has 0 amide bonds. The minimum atomic E-state index is 0.588. The van der Waals surface area contributed by atoms with Crippen molar-refractivity contribution in [2.24, 2.45) is 5.41 Å². The van der Waals surface area contributed by atoms with Gasteiger partial charge in [0, 0.05) is 19.1 Å². The van der Waals surface area contributed by atoms with E-state index in [4.69, 9.17) is 0 Å². The molecule has 0 aromatic rings. The highest BCUT2D eigenvalue weighted by Gasteiger charge is 2.37. The van der Waals surface area contributed by atoms with Gasteiger partial charge in [-0.05, 0) is 51.1 Å². The lowest BCUT2D eigenvalue weighted by molar-refractivity contribution is 0.0990. The molecule has 2 aliphatic rings. The first-order valence-corrected chi connectivity index (χ1v) is 7.68. The maximum Gasteiger partial charge on any atom is 0.00966 e. The van der Waals surface area contributed by atoms with Crippen LogP contribution < -0.4 is 5.32 Å². The van der Waals surface area contributed by atoms with Crippen LogP contribution in [-0.4, -0.2) is 37.6 Å². The summed E-state index contributed by atoms with van der Waals surface area (Å²) in [5, 5.41) is 3.46. The summed E-state index contributed by atoms with van der Waals surface area (Å²) >= 11 is 0. The van der Waals surface area contributed by atoms with Crippen LogP contribution in [0.25, 0.3) is 0 Å². The highest BCUT2D eigenvalue weighted by atomic mass is 15.2. The van der Waals surface area contributed by atoms with Crippen molar-refractivity contribution in [3.8, 4) is 0 Å². The molecule has 2 heteroatoms. The Labute approximate surface area is 107 Å². The van der Waals surface area contributed by atoms with Gasteiger partial charge in [0.2, 0.25) is 0 Å². The number of nitrogens with one attached hydrogen (secondary N) is 1. The van der Waals surface area contributed by atoms with Crippen LogP contribution >= 0.6 is 0 Å². The molecule has 0 heterocycles. The fraction of sp³-hybridized carbons (Fsp3) is 1.00. The quantitative estimate of drug-likeness (QED) is 0.733. The fourth-order valence-corrected chi connectivity index (χ4v) is 3.62. The van der Waals surface area contributed by atoms with Crippen molar-refractivity contribution < 1.29 is 0 Å². The Hall–Kier alpha value is -0.0800. The molecule has 0 aliphatic heterocycles. The van der Waals surface area contributed by atoms with E-state index < -0.39 is 0 Å². The van der Waals surface area contributed by atoms with Crippen LogP contribution in [0.2, 0.25) is 0 Å². The third-order valence-corrected chi connectivity index (χ3v) is 4.58. The van der Waals surface area contributed by atoms with Crippen molar-refractivity contribution >= 4 is 0 Å². The molecular formula is C15H30N2. The molecule has 100 valence electrons. The van der Waals surface area contributed by atoms with Gasteiger partial charge >= 0.3 is 0 Å². The largest absolute Gasteiger partial charge is 0.319 e. The molecule has 1 N–H and O–H groups in total. The summed E-state index contributed by atoms with van der Waals surface area (Å²) in [6.07, 6.45) is 11.5. The van der Waals surface area contributed by atoms with E-state index >= 15 is 0 Å². The van der Waals surface area contributed by atoms with Crippen LogP contribution in [-0.2, 0) is 0 Å². The molecule has 0 aromatic heterocycles. The molecule has 2 aliphatic carbocycles. The monoisotopic (exact) mass is 238 g/mol. The number of hydrogen-bond donors (Lipinski definition) is 1. The van der Waals surface area contributed by atoms with Crippen molar-refractivity contribution in [3.63, 3.8) is 0 Å². The molecule has 2 rings (SSSR count). The smallest absolute Gasteiger partial charge is 0.00966 e. The van der Waals surface area contributed by atoms with E-state index in [9.17, 15) is 0 Å². The normalized spacial score (nSPS) is 24.2. The zero-order valence-corrected chi connectivity index (χ0v) is 11.8. The Kier molecular flexibility index (Phi) is 4.87.